The van der Waals surface area contributed by atoms with Gasteiger partial charge in [-0.05, 0) is 6.07 Å². The molecule has 0 aromatic carbocycles. The Morgan fingerprint density at radius 3 is 2.88 bits per heavy atom. The maximum Gasteiger partial charge on any atom is 0.512 e. The normalized spacial score (nSPS) is 10.2. The lowest BCUT2D eigenvalue weighted by Crippen LogP contribution is -2.05. The van der Waals surface area contributed by atoms with Gasteiger partial charge in [-0.1, -0.05) is 0 Å². The average Bonchev–Trinajstić information content (AvgIpc) is 2.67. The number of carboxylic acid groups (broad SMARTS) is 1. The van der Waals surface area contributed by atoms with Gasteiger partial charge in [0.05, 0.1) is 6.20 Å². The molecule has 1 N–H and O–H groups in total. The van der Waals surface area contributed by atoms with Crippen LogP contribution in [0.25, 0.3) is 11.3 Å². The molecule has 2 heterocycles. The van der Waals surface area contributed by atoms with E-state index in [-0.39, 0.29) is 11.6 Å². The molecule has 0 atom stereocenters. The predicted octanol–water partition coefficient (Wildman–Crippen LogP) is 1.68. The third kappa shape index (κ3) is 2.39. The summed E-state index contributed by atoms with van der Waals surface area (Å²) >= 11 is 0. The molecule has 0 bridgehead atoms. The van der Waals surface area contributed by atoms with Crippen LogP contribution in [0.15, 0.2) is 24.5 Å². The first kappa shape index (κ1) is 11.1. The Bertz CT molecular complexity index is 568. The zero-order valence-corrected chi connectivity index (χ0v) is 8.79. The van der Waals surface area contributed by atoms with Crippen molar-refractivity contribution in [2.45, 2.75) is 0 Å². The van der Waals surface area contributed by atoms with E-state index in [1.165, 1.54) is 10.9 Å². The number of ether oxygens (including phenoxy) is 1. The molecule has 0 amide bonds. The number of hydrogen-bond acceptors (Lipinski definition) is 4. The van der Waals surface area contributed by atoms with Crippen LogP contribution in [0.4, 0.5) is 9.18 Å². The number of nitrogens with zero attached hydrogens (tertiary/aromatic N) is 3. The van der Waals surface area contributed by atoms with Gasteiger partial charge in [-0.2, -0.15) is 5.10 Å². The van der Waals surface area contributed by atoms with Crippen molar-refractivity contribution in [1.29, 1.82) is 0 Å². The van der Waals surface area contributed by atoms with Crippen LogP contribution < -0.4 is 4.74 Å². The molecule has 2 rings (SSSR count). The highest BCUT2D eigenvalue weighted by Gasteiger charge is 2.12. The molecule has 0 fully saturated rings. The van der Waals surface area contributed by atoms with Crippen LogP contribution in [0.5, 0.6) is 5.88 Å². The second-order valence-electron chi connectivity index (χ2n) is 3.25. The number of halogens is 1. The highest BCUT2D eigenvalue weighted by molar-refractivity contribution is 5.62. The maximum absolute atomic E-state index is 13.5. The summed E-state index contributed by atoms with van der Waals surface area (Å²) in [5.41, 5.74) is 0.442. The summed E-state index contributed by atoms with van der Waals surface area (Å²) in [4.78, 5) is 14.1. The summed E-state index contributed by atoms with van der Waals surface area (Å²) in [6, 6.07) is 2.23. The van der Waals surface area contributed by atoms with E-state index in [0.29, 0.717) is 5.56 Å². The summed E-state index contributed by atoms with van der Waals surface area (Å²) in [6.07, 6.45) is 1.49. The van der Waals surface area contributed by atoms with E-state index < -0.39 is 12.0 Å². The summed E-state index contributed by atoms with van der Waals surface area (Å²) in [5.74, 6) is -0.756. The third-order valence-electron chi connectivity index (χ3n) is 1.99. The first-order chi connectivity index (χ1) is 8.06. The van der Waals surface area contributed by atoms with Crippen molar-refractivity contribution in [2.24, 2.45) is 7.05 Å². The Labute approximate surface area is 95.3 Å². The van der Waals surface area contributed by atoms with Crippen molar-refractivity contribution in [2.75, 3.05) is 0 Å². The van der Waals surface area contributed by atoms with Crippen LogP contribution in [-0.4, -0.2) is 26.0 Å². The van der Waals surface area contributed by atoms with Crippen molar-refractivity contribution in [1.82, 2.24) is 14.8 Å². The van der Waals surface area contributed by atoms with Gasteiger partial charge in [0.2, 0.25) is 5.88 Å². The monoisotopic (exact) mass is 237 g/mol. The molecule has 2 aromatic rings. The highest BCUT2D eigenvalue weighted by atomic mass is 19.1. The van der Waals surface area contributed by atoms with Crippen LogP contribution in [0.3, 0.4) is 0 Å². The van der Waals surface area contributed by atoms with Gasteiger partial charge in [-0.25, -0.2) is 14.2 Å². The Kier molecular flexibility index (Phi) is 2.73. The minimum Gasteiger partial charge on any atom is -0.449 e. The van der Waals surface area contributed by atoms with Crippen LogP contribution in [-0.2, 0) is 7.05 Å². The molecule has 0 radical (unpaired) electrons. The number of aromatic nitrogens is 3. The van der Waals surface area contributed by atoms with Gasteiger partial charge in [0, 0.05) is 24.9 Å². The fourth-order valence-corrected chi connectivity index (χ4v) is 1.32. The van der Waals surface area contributed by atoms with Crippen molar-refractivity contribution >= 4 is 6.16 Å². The van der Waals surface area contributed by atoms with Crippen LogP contribution in [0, 0.1) is 5.82 Å². The van der Waals surface area contributed by atoms with Gasteiger partial charge >= 0.3 is 6.16 Å². The van der Waals surface area contributed by atoms with E-state index in [2.05, 4.69) is 14.8 Å². The first-order valence-corrected chi connectivity index (χ1v) is 4.62. The van der Waals surface area contributed by atoms with E-state index in [0.717, 1.165) is 12.1 Å². The minimum absolute atomic E-state index is 0.00292. The Morgan fingerprint density at radius 2 is 2.29 bits per heavy atom. The van der Waals surface area contributed by atoms with Gasteiger partial charge in [0.25, 0.3) is 0 Å². The molecule has 88 valence electrons. The zero-order valence-electron chi connectivity index (χ0n) is 8.79. The molecule has 6 nitrogen and oxygen atoms in total. The van der Waals surface area contributed by atoms with Crippen molar-refractivity contribution in [3.63, 3.8) is 0 Å². The molecule has 0 unspecified atom stereocenters. The number of aryl methyl sites for hydroxylation is 1. The fourth-order valence-electron chi connectivity index (χ4n) is 1.32. The summed E-state index contributed by atoms with van der Waals surface area (Å²) in [5, 5.41) is 12.3. The molecule has 2 aromatic heterocycles. The Balaban J connectivity index is 2.42. The van der Waals surface area contributed by atoms with Crippen LogP contribution in [0.2, 0.25) is 0 Å². The zero-order chi connectivity index (χ0) is 12.4. The van der Waals surface area contributed by atoms with Gasteiger partial charge in [-0.3, -0.25) is 4.68 Å². The lowest BCUT2D eigenvalue weighted by Gasteiger charge is -2.02. The third-order valence-corrected chi connectivity index (χ3v) is 1.99. The number of hydrogen-bond donors (Lipinski definition) is 1. The van der Waals surface area contributed by atoms with Crippen LogP contribution >= 0.6 is 0 Å². The molecule has 0 aliphatic heterocycles. The maximum atomic E-state index is 13.5. The SMILES string of the molecule is Cn1cc(-c2nc(OC(=O)O)ccc2F)cn1. The molecule has 17 heavy (non-hydrogen) atoms. The Morgan fingerprint density at radius 1 is 1.53 bits per heavy atom. The molecule has 7 heteroatoms. The van der Waals surface area contributed by atoms with E-state index in [9.17, 15) is 9.18 Å². The molecule has 0 saturated carbocycles. The molecular formula is C10H8FN3O3. The summed E-state index contributed by atoms with van der Waals surface area (Å²) < 4.78 is 19.3. The predicted molar refractivity (Wildman–Crippen MR) is 55.0 cm³/mol. The topological polar surface area (TPSA) is 77.2 Å². The number of pyridine rings is 1. The quantitative estimate of drug-likeness (QED) is 0.804. The molecule has 0 saturated heterocycles. The van der Waals surface area contributed by atoms with Gasteiger partial charge < -0.3 is 9.84 Å². The molecular weight excluding hydrogens is 229 g/mol. The van der Waals surface area contributed by atoms with E-state index in [1.807, 2.05) is 0 Å². The lowest BCUT2D eigenvalue weighted by molar-refractivity contribution is 0.142. The smallest absolute Gasteiger partial charge is 0.449 e. The number of rotatable bonds is 2. The molecule has 0 spiro atoms. The summed E-state index contributed by atoms with van der Waals surface area (Å²) in [7, 11) is 1.68. The molecule has 0 aliphatic rings. The van der Waals surface area contributed by atoms with Crippen molar-refractivity contribution < 1.29 is 19.0 Å². The second kappa shape index (κ2) is 4.20. The highest BCUT2D eigenvalue weighted by Crippen LogP contribution is 2.22. The average molecular weight is 237 g/mol. The Hall–Kier alpha value is -2.44. The second-order valence-corrected chi connectivity index (χ2v) is 3.25. The van der Waals surface area contributed by atoms with Crippen molar-refractivity contribution in [3.8, 4) is 17.1 Å². The van der Waals surface area contributed by atoms with Crippen molar-refractivity contribution in [3.05, 3.63) is 30.3 Å². The fraction of sp³-hybridized carbons (Fsp3) is 0.100. The standard InChI is InChI=1S/C10H8FN3O3/c1-14-5-6(4-12-14)9-7(11)2-3-8(13-9)17-10(15)16/h2-5H,1H3,(H,15,16). The number of carbonyl (C=O) groups is 1. The van der Waals surface area contributed by atoms with E-state index in [4.69, 9.17) is 5.11 Å². The van der Waals surface area contributed by atoms with Gasteiger partial charge in [0.1, 0.15) is 11.5 Å². The van der Waals surface area contributed by atoms with Crippen LogP contribution in [0.1, 0.15) is 0 Å². The summed E-state index contributed by atoms with van der Waals surface area (Å²) in [6.45, 7) is 0. The first-order valence-electron chi connectivity index (χ1n) is 4.62. The minimum atomic E-state index is -1.50. The van der Waals surface area contributed by atoms with E-state index in [1.54, 1.807) is 13.2 Å². The molecule has 0 aliphatic carbocycles. The van der Waals surface area contributed by atoms with Gasteiger partial charge in [-0.15, -0.1) is 0 Å². The lowest BCUT2D eigenvalue weighted by atomic mass is 10.2. The largest absolute Gasteiger partial charge is 0.512 e. The van der Waals surface area contributed by atoms with E-state index >= 15 is 0 Å². The van der Waals surface area contributed by atoms with Gasteiger partial charge in [0.15, 0.2) is 0 Å².